The Morgan fingerprint density at radius 2 is 1.94 bits per heavy atom. The van der Waals surface area contributed by atoms with Crippen LogP contribution in [0.1, 0.15) is 58.8 Å². The average Bonchev–Trinajstić information content (AvgIpc) is 2.58. The number of nitrogens with one attached hydrogen (secondary N) is 1. The van der Waals surface area contributed by atoms with E-state index >= 15 is 0 Å². The summed E-state index contributed by atoms with van der Waals surface area (Å²) in [6.45, 7) is 5.18. The number of ether oxygens (including phenoxy) is 1. The molecule has 1 rings (SSSR count). The number of hydrogen-bond acceptors (Lipinski definition) is 3. The van der Waals surface area contributed by atoms with Crippen LogP contribution in [0.5, 0.6) is 0 Å². The van der Waals surface area contributed by atoms with Gasteiger partial charge < -0.3 is 15.8 Å². The Hall–Kier alpha value is -0.610. The Morgan fingerprint density at radius 1 is 1.33 bits per heavy atom. The molecule has 0 saturated heterocycles. The van der Waals surface area contributed by atoms with Gasteiger partial charge in [0, 0.05) is 6.61 Å². The van der Waals surface area contributed by atoms with Gasteiger partial charge in [-0.2, -0.15) is 0 Å². The molecule has 0 aromatic carbocycles. The molecule has 0 spiro atoms. The fraction of sp³-hybridized carbons (Fsp3) is 0.929. The van der Waals surface area contributed by atoms with Crippen molar-refractivity contribution in [2.24, 2.45) is 5.73 Å². The number of carbonyl (C=O) groups excluding carboxylic acids is 1. The number of amides is 1. The summed E-state index contributed by atoms with van der Waals surface area (Å²) in [5.74, 6) is -0.297. The van der Waals surface area contributed by atoms with Gasteiger partial charge in [-0.1, -0.05) is 32.6 Å². The quantitative estimate of drug-likeness (QED) is 0.684. The van der Waals surface area contributed by atoms with E-state index < -0.39 is 5.54 Å². The predicted molar refractivity (Wildman–Crippen MR) is 73.3 cm³/mol. The number of nitrogens with two attached hydrogens (primary N) is 1. The molecule has 18 heavy (non-hydrogen) atoms. The smallest absolute Gasteiger partial charge is 0.237 e. The predicted octanol–water partition coefficient (Wildman–Crippen LogP) is 1.97. The molecule has 1 fully saturated rings. The van der Waals surface area contributed by atoms with Crippen molar-refractivity contribution in [1.82, 2.24) is 5.32 Å². The number of primary amides is 1. The van der Waals surface area contributed by atoms with E-state index in [1.165, 1.54) is 25.7 Å². The topological polar surface area (TPSA) is 64.3 Å². The minimum absolute atomic E-state index is 0.297. The molecule has 1 unspecified atom stereocenters. The number of likely N-dealkylation sites (N-methyl/N-ethyl adjacent to an activating group) is 1. The number of carbonyl (C=O) groups is 1. The molecule has 106 valence electrons. The van der Waals surface area contributed by atoms with Crippen molar-refractivity contribution in [2.75, 3.05) is 13.2 Å². The van der Waals surface area contributed by atoms with Crippen LogP contribution in [0.4, 0.5) is 0 Å². The van der Waals surface area contributed by atoms with Crippen LogP contribution in [-0.2, 0) is 9.53 Å². The van der Waals surface area contributed by atoms with Gasteiger partial charge in [0.2, 0.25) is 5.91 Å². The van der Waals surface area contributed by atoms with Crippen LogP contribution in [0.2, 0.25) is 0 Å². The fourth-order valence-electron chi connectivity index (χ4n) is 2.53. The molecule has 1 saturated carbocycles. The molecule has 4 heteroatoms. The Morgan fingerprint density at radius 3 is 2.44 bits per heavy atom. The van der Waals surface area contributed by atoms with Gasteiger partial charge in [0.15, 0.2) is 0 Å². The van der Waals surface area contributed by atoms with Crippen LogP contribution in [0.25, 0.3) is 0 Å². The fourth-order valence-corrected chi connectivity index (χ4v) is 2.53. The molecule has 0 bridgehead atoms. The van der Waals surface area contributed by atoms with Crippen LogP contribution in [0, 0.1) is 0 Å². The maximum Gasteiger partial charge on any atom is 0.237 e. The third-order valence-corrected chi connectivity index (χ3v) is 3.87. The second-order valence-electron chi connectivity index (χ2n) is 5.46. The third-order valence-electron chi connectivity index (χ3n) is 3.87. The van der Waals surface area contributed by atoms with Crippen LogP contribution in [-0.4, -0.2) is 30.7 Å². The summed E-state index contributed by atoms with van der Waals surface area (Å²) < 4.78 is 5.91. The lowest BCUT2D eigenvalue weighted by atomic mass is 9.97. The highest BCUT2D eigenvalue weighted by Gasteiger charge is 2.29. The summed E-state index contributed by atoms with van der Waals surface area (Å²) in [7, 11) is 0. The van der Waals surface area contributed by atoms with Crippen molar-refractivity contribution < 1.29 is 9.53 Å². The molecule has 0 heterocycles. The molecule has 1 atom stereocenters. The molecule has 1 aliphatic carbocycles. The van der Waals surface area contributed by atoms with E-state index in [0.29, 0.717) is 19.1 Å². The van der Waals surface area contributed by atoms with Gasteiger partial charge in [-0.05, 0) is 32.7 Å². The molecule has 4 nitrogen and oxygen atoms in total. The largest absolute Gasteiger partial charge is 0.378 e. The van der Waals surface area contributed by atoms with E-state index in [4.69, 9.17) is 10.5 Å². The van der Waals surface area contributed by atoms with Crippen molar-refractivity contribution in [3.63, 3.8) is 0 Å². The van der Waals surface area contributed by atoms with E-state index in [9.17, 15) is 4.79 Å². The Bertz CT molecular complexity index is 250. The zero-order chi connectivity index (χ0) is 13.4. The van der Waals surface area contributed by atoms with Gasteiger partial charge in [-0.3, -0.25) is 4.79 Å². The van der Waals surface area contributed by atoms with Gasteiger partial charge in [0.1, 0.15) is 0 Å². The molecular formula is C14H28N2O2. The molecule has 0 aliphatic heterocycles. The summed E-state index contributed by atoms with van der Waals surface area (Å²) in [5.41, 5.74) is 4.80. The lowest BCUT2D eigenvalue weighted by Gasteiger charge is -2.27. The minimum atomic E-state index is -0.639. The van der Waals surface area contributed by atoms with E-state index in [0.717, 1.165) is 19.4 Å². The van der Waals surface area contributed by atoms with Crippen LogP contribution in [0.3, 0.4) is 0 Å². The second-order valence-corrected chi connectivity index (χ2v) is 5.46. The first-order chi connectivity index (χ1) is 8.58. The van der Waals surface area contributed by atoms with Crippen molar-refractivity contribution in [3.05, 3.63) is 0 Å². The molecule has 1 aliphatic rings. The number of rotatable bonds is 7. The molecular weight excluding hydrogens is 228 g/mol. The summed E-state index contributed by atoms with van der Waals surface area (Å²) in [6, 6.07) is 0. The SMILES string of the molecule is CCNC(C)(CCOC1CCCCCC1)C(N)=O. The molecule has 1 amide bonds. The maximum atomic E-state index is 11.5. The summed E-state index contributed by atoms with van der Waals surface area (Å²) in [6.07, 6.45) is 8.55. The summed E-state index contributed by atoms with van der Waals surface area (Å²) >= 11 is 0. The summed E-state index contributed by atoms with van der Waals surface area (Å²) in [5, 5.41) is 3.15. The number of hydrogen-bond donors (Lipinski definition) is 2. The molecule has 0 aromatic heterocycles. The third kappa shape index (κ3) is 4.94. The Balaban J connectivity index is 2.31. The lowest BCUT2D eigenvalue weighted by molar-refractivity contribution is -0.124. The minimum Gasteiger partial charge on any atom is -0.378 e. The summed E-state index contributed by atoms with van der Waals surface area (Å²) in [4.78, 5) is 11.5. The maximum absolute atomic E-state index is 11.5. The van der Waals surface area contributed by atoms with Gasteiger partial charge in [0.05, 0.1) is 11.6 Å². The van der Waals surface area contributed by atoms with Gasteiger partial charge in [0.25, 0.3) is 0 Å². The molecule has 0 radical (unpaired) electrons. The van der Waals surface area contributed by atoms with E-state index in [1.54, 1.807) is 0 Å². The highest BCUT2D eigenvalue weighted by molar-refractivity contribution is 5.84. The standard InChI is InChI=1S/C14H28N2O2/c1-3-16-14(2,13(15)17)10-11-18-12-8-6-4-5-7-9-12/h12,16H,3-11H2,1-2H3,(H2,15,17). The van der Waals surface area contributed by atoms with Crippen LogP contribution >= 0.6 is 0 Å². The van der Waals surface area contributed by atoms with Crippen molar-refractivity contribution in [2.45, 2.75) is 70.4 Å². The van der Waals surface area contributed by atoms with Gasteiger partial charge in [-0.25, -0.2) is 0 Å². The first-order valence-corrected chi connectivity index (χ1v) is 7.25. The lowest BCUT2D eigenvalue weighted by Crippen LogP contribution is -2.53. The Kier molecular flexibility index (Phi) is 6.65. The highest BCUT2D eigenvalue weighted by atomic mass is 16.5. The van der Waals surface area contributed by atoms with E-state index in [2.05, 4.69) is 5.32 Å². The highest BCUT2D eigenvalue weighted by Crippen LogP contribution is 2.20. The van der Waals surface area contributed by atoms with Crippen LogP contribution < -0.4 is 11.1 Å². The van der Waals surface area contributed by atoms with Gasteiger partial charge >= 0.3 is 0 Å². The van der Waals surface area contributed by atoms with Crippen molar-refractivity contribution >= 4 is 5.91 Å². The van der Waals surface area contributed by atoms with Crippen molar-refractivity contribution in [3.8, 4) is 0 Å². The molecule has 0 aromatic rings. The first-order valence-electron chi connectivity index (χ1n) is 7.25. The van der Waals surface area contributed by atoms with Crippen LogP contribution in [0.15, 0.2) is 0 Å². The van der Waals surface area contributed by atoms with Crippen molar-refractivity contribution in [1.29, 1.82) is 0 Å². The second kappa shape index (κ2) is 7.74. The van der Waals surface area contributed by atoms with E-state index in [1.807, 2.05) is 13.8 Å². The van der Waals surface area contributed by atoms with E-state index in [-0.39, 0.29) is 5.91 Å². The van der Waals surface area contributed by atoms with Gasteiger partial charge in [-0.15, -0.1) is 0 Å². The molecule has 3 N–H and O–H groups in total. The zero-order valence-electron chi connectivity index (χ0n) is 11.8. The average molecular weight is 256 g/mol. The Labute approximate surface area is 111 Å². The monoisotopic (exact) mass is 256 g/mol. The normalized spacial score (nSPS) is 21.2. The first kappa shape index (κ1) is 15.4. The zero-order valence-corrected chi connectivity index (χ0v) is 11.8.